The van der Waals surface area contributed by atoms with E-state index in [1.165, 1.54) is 0 Å². The molecule has 12 rings (SSSR count). The Morgan fingerprint density at radius 3 is 1.29 bits per heavy atom. The van der Waals surface area contributed by atoms with Gasteiger partial charge in [-0.15, -0.1) is 0 Å². The van der Waals surface area contributed by atoms with Gasteiger partial charge in [-0.05, 0) is 136 Å². The van der Waals surface area contributed by atoms with E-state index in [-0.39, 0.29) is 0 Å². The van der Waals surface area contributed by atoms with Crippen LogP contribution in [0.3, 0.4) is 0 Å². The fraction of sp³-hybridized carbons (Fsp3) is 0.0303. The minimum atomic E-state index is -0.970. The minimum absolute atomic E-state index is 0.708. The van der Waals surface area contributed by atoms with Crippen LogP contribution >= 0.6 is 23.2 Å². The highest BCUT2D eigenvalue weighted by atomic mass is 35.5. The average molecular weight is 938 g/mol. The maximum absolute atomic E-state index is 6.81. The lowest BCUT2D eigenvalue weighted by Crippen LogP contribution is -2.64. The van der Waals surface area contributed by atoms with Gasteiger partial charge in [0, 0.05) is 15.7 Å². The van der Waals surface area contributed by atoms with Crippen molar-refractivity contribution >= 4 is 50.4 Å². The van der Waals surface area contributed by atoms with Crippen LogP contribution in [0.5, 0.6) is 0 Å². The van der Waals surface area contributed by atoms with Gasteiger partial charge < -0.3 is 5.32 Å². The van der Waals surface area contributed by atoms with Crippen molar-refractivity contribution in [3.05, 3.63) is 305 Å². The third-order valence-electron chi connectivity index (χ3n) is 13.9. The molecule has 1 aliphatic rings. The maximum Gasteiger partial charge on any atom is 0.142 e. The first-order valence-corrected chi connectivity index (χ1v) is 24.4. The fourth-order valence-electron chi connectivity index (χ4n) is 10.5. The second kappa shape index (κ2) is 18.2. The van der Waals surface area contributed by atoms with Gasteiger partial charge >= 0.3 is 0 Å². The molecule has 11 aromatic carbocycles. The van der Waals surface area contributed by atoms with Crippen molar-refractivity contribution in [1.29, 1.82) is 0 Å². The van der Waals surface area contributed by atoms with Crippen LogP contribution in [0.25, 0.3) is 71.7 Å². The van der Waals surface area contributed by atoms with E-state index in [0.717, 1.165) is 99.6 Å². The van der Waals surface area contributed by atoms with Gasteiger partial charge in [0.25, 0.3) is 0 Å². The standard InChI is InChI=1S/C66H46Cl2N2/c67-58-40-52-20-10-12-28-60(52)62(42-58)47-30-32-49(33-31-47)64-44-65(56-26-14-22-50(38-56)45-16-4-1-5-17-45,54-36-34-48(35-37-54)63-43-59(68)41-53-21-11-13-29-61(53)63)70-66(69-64,55-24-8-3-9-25-55)57-27-15-23-51(39-57)46-18-6-2-7-19-46/h1-44,69-70H. The second-order valence-corrected chi connectivity index (χ2v) is 19.0. The van der Waals surface area contributed by atoms with Gasteiger partial charge in [0.05, 0.1) is 5.54 Å². The van der Waals surface area contributed by atoms with Crippen molar-refractivity contribution in [2.24, 2.45) is 0 Å². The molecule has 0 aromatic heterocycles. The maximum atomic E-state index is 6.81. The molecule has 4 heteroatoms. The average Bonchev–Trinajstić information content (AvgIpc) is 3.43. The molecular formula is C66H46Cl2N2. The van der Waals surface area contributed by atoms with Gasteiger partial charge in [-0.3, -0.25) is 5.32 Å². The summed E-state index contributed by atoms with van der Waals surface area (Å²) in [6, 6.07) is 93.1. The normalized spacial score (nSPS) is 16.7. The number of fused-ring (bicyclic) bond motifs is 2. The molecule has 0 bridgehead atoms. The van der Waals surface area contributed by atoms with Crippen LogP contribution in [-0.2, 0) is 11.2 Å². The summed E-state index contributed by atoms with van der Waals surface area (Å²) in [6.45, 7) is 0. The van der Waals surface area contributed by atoms with Crippen LogP contribution in [0.15, 0.2) is 267 Å². The van der Waals surface area contributed by atoms with Crippen LogP contribution in [0.4, 0.5) is 0 Å². The van der Waals surface area contributed by atoms with Crippen molar-refractivity contribution < 1.29 is 0 Å². The molecule has 0 fully saturated rings. The third kappa shape index (κ3) is 7.96. The number of nitrogens with one attached hydrogen (secondary N) is 2. The molecular weight excluding hydrogens is 892 g/mol. The zero-order chi connectivity index (χ0) is 47.1. The SMILES string of the molecule is Clc1cc(-c2ccc(C3=CC(c4ccc(-c5cc(Cl)cc6ccccc56)cc4)(c4cccc(-c5ccccc5)c4)NC(c4ccccc4)(c4cccc(-c5ccccc5)c4)N3)cc2)c2ccccc2c1. The van der Waals surface area contributed by atoms with Crippen molar-refractivity contribution in [3.63, 3.8) is 0 Å². The Balaban J connectivity index is 1.12. The van der Waals surface area contributed by atoms with Gasteiger partial charge in [0.1, 0.15) is 5.66 Å². The predicted octanol–water partition coefficient (Wildman–Crippen LogP) is 17.3. The molecule has 2 N–H and O–H groups in total. The van der Waals surface area contributed by atoms with Crippen LogP contribution in [0.1, 0.15) is 27.8 Å². The number of benzene rings is 11. The van der Waals surface area contributed by atoms with E-state index in [0.29, 0.717) is 10.0 Å². The van der Waals surface area contributed by atoms with Crippen molar-refractivity contribution in [2.45, 2.75) is 11.2 Å². The lowest BCUT2D eigenvalue weighted by atomic mass is 9.74. The van der Waals surface area contributed by atoms with Gasteiger partial charge in [0.2, 0.25) is 0 Å². The van der Waals surface area contributed by atoms with E-state index < -0.39 is 11.2 Å². The van der Waals surface area contributed by atoms with E-state index in [9.17, 15) is 0 Å². The number of rotatable bonds is 9. The van der Waals surface area contributed by atoms with Gasteiger partial charge in [-0.2, -0.15) is 0 Å². The van der Waals surface area contributed by atoms with E-state index in [2.05, 4.69) is 265 Å². The quantitative estimate of drug-likeness (QED) is 0.151. The first-order valence-electron chi connectivity index (χ1n) is 23.7. The van der Waals surface area contributed by atoms with Crippen LogP contribution in [0, 0.1) is 0 Å². The summed E-state index contributed by atoms with van der Waals surface area (Å²) in [7, 11) is 0. The van der Waals surface area contributed by atoms with Crippen LogP contribution in [0.2, 0.25) is 10.0 Å². The number of halogens is 2. The lowest BCUT2D eigenvalue weighted by molar-refractivity contribution is 0.274. The molecule has 1 heterocycles. The van der Waals surface area contributed by atoms with Crippen LogP contribution < -0.4 is 10.6 Å². The minimum Gasteiger partial charge on any atom is -0.359 e. The highest BCUT2D eigenvalue weighted by molar-refractivity contribution is 6.32. The third-order valence-corrected chi connectivity index (χ3v) is 14.3. The summed E-state index contributed by atoms with van der Waals surface area (Å²) in [5.41, 5.74) is 13.4. The smallest absolute Gasteiger partial charge is 0.142 e. The Labute approximate surface area is 419 Å². The molecule has 0 spiro atoms. The Morgan fingerprint density at radius 2 is 0.729 bits per heavy atom. The summed E-state index contributed by atoms with van der Waals surface area (Å²) in [6.07, 6.45) is 2.40. The molecule has 0 radical (unpaired) electrons. The van der Waals surface area contributed by atoms with Crippen molar-refractivity contribution in [2.75, 3.05) is 0 Å². The molecule has 2 atom stereocenters. The largest absolute Gasteiger partial charge is 0.359 e. The van der Waals surface area contributed by atoms with E-state index >= 15 is 0 Å². The Kier molecular flexibility index (Phi) is 11.2. The van der Waals surface area contributed by atoms with Crippen molar-refractivity contribution in [1.82, 2.24) is 10.6 Å². The molecule has 70 heavy (non-hydrogen) atoms. The van der Waals surface area contributed by atoms with Gasteiger partial charge in [-0.25, -0.2) is 0 Å². The Bertz CT molecular complexity index is 3720. The highest BCUT2D eigenvalue weighted by Crippen LogP contribution is 2.47. The zero-order valence-corrected chi connectivity index (χ0v) is 39.7. The first kappa shape index (κ1) is 43.3. The summed E-state index contributed by atoms with van der Waals surface area (Å²) in [4.78, 5) is 0. The molecule has 0 amide bonds. The Hall–Kier alpha value is -7.98. The molecule has 2 unspecified atom stereocenters. The number of hydrogen-bond acceptors (Lipinski definition) is 2. The van der Waals surface area contributed by atoms with Crippen LogP contribution in [-0.4, -0.2) is 0 Å². The fourth-order valence-corrected chi connectivity index (χ4v) is 11.0. The summed E-state index contributed by atoms with van der Waals surface area (Å²) in [5.74, 6) is 0. The zero-order valence-electron chi connectivity index (χ0n) is 38.2. The lowest BCUT2D eigenvalue weighted by Gasteiger charge is -2.50. The molecule has 0 saturated heterocycles. The molecule has 0 aliphatic carbocycles. The summed E-state index contributed by atoms with van der Waals surface area (Å²) in [5, 5.41) is 14.6. The van der Waals surface area contributed by atoms with Gasteiger partial charge in [0.15, 0.2) is 0 Å². The molecule has 334 valence electrons. The second-order valence-electron chi connectivity index (χ2n) is 18.1. The molecule has 1 aliphatic heterocycles. The molecule has 0 saturated carbocycles. The van der Waals surface area contributed by atoms with E-state index in [1.807, 2.05) is 12.1 Å². The van der Waals surface area contributed by atoms with Crippen molar-refractivity contribution in [3.8, 4) is 44.5 Å². The van der Waals surface area contributed by atoms with E-state index in [1.54, 1.807) is 0 Å². The topological polar surface area (TPSA) is 24.1 Å². The van der Waals surface area contributed by atoms with E-state index in [4.69, 9.17) is 23.2 Å². The number of hydrogen-bond donors (Lipinski definition) is 2. The molecule has 2 nitrogen and oxygen atoms in total. The monoisotopic (exact) mass is 936 g/mol. The first-order chi connectivity index (χ1) is 34.4. The summed E-state index contributed by atoms with van der Waals surface area (Å²) >= 11 is 13.6. The molecule has 11 aromatic rings. The predicted molar refractivity (Wildman–Crippen MR) is 295 cm³/mol. The Morgan fingerprint density at radius 1 is 0.300 bits per heavy atom. The van der Waals surface area contributed by atoms with Gasteiger partial charge in [-0.1, -0.05) is 248 Å². The summed E-state index contributed by atoms with van der Waals surface area (Å²) < 4.78 is 0. The highest BCUT2D eigenvalue weighted by Gasteiger charge is 2.48.